The Morgan fingerprint density at radius 2 is 2.28 bits per heavy atom. The van der Waals surface area contributed by atoms with Gasteiger partial charge in [-0.2, -0.15) is 5.10 Å². The second-order valence-electron chi connectivity index (χ2n) is 3.73. The van der Waals surface area contributed by atoms with Gasteiger partial charge in [-0.25, -0.2) is 0 Å². The summed E-state index contributed by atoms with van der Waals surface area (Å²) in [6.07, 6.45) is 3.52. The number of rotatable bonds is 4. The van der Waals surface area contributed by atoms with Crippen molar-refractivity contribution in [2.24, 2.45) is 0 Å². The van der Waals surface area contributed by atoms with E-state index < -0.39 is 0 Å². The average Bonchev–Trinajstić information content (AvgIpc) is 2.85. The zero-order chi connectivity index (χ0) is 13.0. The van der Waals surface area contributed by atoms with E-state index in [0.717, 1.165) is 0 Å². The van der Waals surface area contributed by atoms with Gasteiger partial charge in [-0.15, -0.1) is 0 Å². The number of anilines is 1. The molecule has 0 saturated carbocycles. The number of nitrogens with one attached hydrogen (secondary N) is 1. The first-order chi connectivity index (χ1) is 8.68. The standard InChI is InChI=1S/C12H13ClN4O/c13-10-4-1-3-9(11(10)14)12(18)15-6-8-17-7-2-5-16-17/h1-5,7H,6,8,14H2,(H,15,18). The Balaban J connectivity index is 1.93. The molecule has 0 saturated heterocycles. The number of nitrogen functional groups attached to an aromatic ring is 1. The molecule has 0 aliphatic carbocycles. The molecule has 6 heteroatoms. The first-order valence-corrected chi connectivity index (χ1v) is 5.86. The minimum atomic E-state index is -0.234. The van der Waals surface area contributed by atoms with Crippen molar-refractivity contribution in [3.05, 3.63) is 47.2 Å². The molecular weight excluding hydrogens is 252 g/mol. The van der Waals surface area contributed by atoms with E-state index in [2.05, 4.69) is 10.4 Å². The van der Waals surface area contributed by atoms with E-state index in [0.29, 0.717) is 29.4 Å². The van der Waals surface area contributed by atoms with Gasteiger partial charge in [0.2, 0.25) is 0 Å². The molecule has 0 bridgehead atoms. The van der Waals surface area contributed by atoms with Crippen LogP contribution in [0.15, 0.2) is 36.7 Å². The maximum absolute atomic E-state index is 11.9. The van der Waals surface area contributed by atoms with Crippen molar-refractivity contribution < 1.29 is 4.79 Å². The molecule has 1 heterocycles. The number of carbonyl (C=O) groups is 1. The molecule has 0 aliphatic heterocycles. The van der Waals surface area contributed by atoms with Crippen LogP contribution in [0, 0.1) is 0 Å². The number of nitrogens with two attached hydrogens (primary N) is 1. The summed E-state index contributed by atoms with van der Waals surface area (Å²) in [5, 5.41) is 7.19. The maximum Gasteiger partial charge on any atom is 0.253 e. The molecule has 0 unspecified atom stereocenters. The molecule has 0 radical (unpaired) electrons. The highest BCUT2D eigenvalue weighted by Gasteiger charge is 2.10. The van der Waals surface area contributed by atoms with Gasteiger partial charge in [0, 0.05) is 18.9 Å². The van der Waals surface area contributed by atoms with Crippen molar-refractivity contribution in [3.8, 4) is 0 Å². The molecule has 3 N–H and O–H groups in total. The number of amides is 1. The maximum atomic E-state index is 11.9. The Morgan fingerprint density at radius 1 is 1.44 bits per heavy atom. The third kappa shape index (κ3) is 2.81. The summed E-state index contributed by atoms with van der Waals surface area (Å²) in [6.45, 7) is 1.09. The topological polar surface area (TPSA) is 72.9 Å². The third-order valence-corrected chi connectivity index (χ3v) is 2.81. The summed E-state index contributed by atoms with van der Waals surface area (Å²) < 4.78 is 1.74. The van der Waals surface area contributed by atoms with Gasteiger partial charge in [0.25, 0.3) is 5.91 Å². The number of carbonyl (C=O) groups excluding carboxylic acids is 1. The molecule has 0 fully saturated rings. The van der Waals surface area contributed by atoms with Crippen molar-refractivity contribution in [1.29, 1.82) is 0 Å². The van der Waals surface area contributed by atoms with Gasteiger partial charge in [0.15, 0.2) is 0 Å². The fraction of sp³-hybridized carbons (Fsp3) is 0.167. The minimum absolute atomic E-state index is 0.234. The first-order valence-electron chi connectivity index (χ1n) is 5.48. The Labute approximate surface area is 110 Å². The van der Waals surface area contributed by atoms with Crippen LogP contribution in [0.5, 0.6) is 0 Å². The summed E-state index contributed by atoms with van der Waals surface area (Å²) in [5.74, 6) is -0.234. The van der Waals surface area contributed by atoms with Crippen molar-refractivity contribution in [1.82, 2.24) is 15.1 Å². The van der Waals surface area contributed by atoms with Gasteiger partial charge in [0.05, 0.1) is 22.8 Å². The summed E-state index contributed by atoms with van der Waals surface area (Å²) in [4.78, 5) is 11.9. The summed E-state index contributed by atoms with van der Waals surface area (Å²) >= 11 is 5.85. The number of para-hydroxylation sites is 1. The van der Waals surface area contributed by atoms with Gasteiger partial charge in [-0.05, 0) is 18.2 Å². The zero-order valence-corrected chi connectivity index (χ0v) is 10.4. The predicted molar refractivity (Wildman–Crippen MR) is 70.4 cm³/mol. The molecule has 0 spiro atoms. The Hall–Kier alpha value is -2.01. The molecule has 1 aromatic carbocycles. The van der Waals surface area contributed by atoms with E-state index in [-0.39, 0.29) is 5.91 Å². The largest absolute Gasteiger partial charge is 0.397 e. The lowest BCUT2D eigenvalue weighted by atomic mass is 10.1. The molecule has 2 rings (SSSR count). The fourth-order valence-corrected chi connectivity index (χ4v) is 1.72. The Morgan fingerprint density at radius 3 is 3.00 bits per heavy atom. The van der Waals surface area contributed by atoms with Crippen LogP contribution in [0.1, 0.15) is 10.4 Å². The number of aromatic nitrogens is 2. The Kier molecular flexibility index (Phi) is 3.84. The van der Waals surface area contributed by atoms with Crippen LogP contribution in [-0.2, 0) is 6.54 Å². The third-order valence-electron chi connectivity index (χ3n) is 2.48. The number of hydrogen-bond acceptors (Lipinski definition) is 3. The number of halogens is 1. The normalized spacial score (nSPS) is 10.3. The van der Waals surface area contributed by atoms with Crippen LogP contribution < -0.4 is 11.1 Å². The van der Waals surface area contributed by atoms with Crippen LogP contribution in [0.25, 0.3) is 0 Å². The predicted octanol–water partition coefficient (Wildman–Crippen LogP) is 1.55. The van der Waals surface area contributed by atoms with E-state index in [1.54, 1.807) is 29.1 Å². The number of nitrogens with zero attached hydrogens (tertiary/aromatic N) is 2. The van der Waals surface area contributed by atoms with Crippen molar-refractivity contribution in [2.45, 2.75) is 6.54 Å². The monoisotopic (exact) mass is 264 g/mol. The average molecular weight is 265 g/mol. The Bertz CT molecular complexity index is 539. The minimum Gasteiger partial charge on any atom is -0.397 e. The fourth-order valence-electron chi connectivity index (χ4n) is 1.55. The van der Waals surface area contributed by atoms with Gasteiger partial charge in [-0.1, -0.05) is 17.7 Å². The highest BCUT2D eigenvalue weighted by molar-refractivity contribution is 6.33. The first kappa shape index (κ1) is 12.4. The molecule has 94 valence electrons. The van der Waals surface area contributed by atoms with Crippen LogP contribution in [0.3, 0.4) is 0 Å². The number of benzene rings is 1. The summed E-state index contributed by atoms with van der Waals surface area (Å²) in [7, 11) is 0. The molecule has 1 aromatic heterocycles. The highest BCUT2D eigenvalue weighted by atomic mass is 35.5. The van der Waals surface area contributed by atoms with Crippen molar-refractivity contribution in [3.63, 3.8) is 0 Å². The van der Waals surface area contributed by atoms with E-state index in [1.807, 2.05) is 12.3 Å². The molecule has 1 amide bonds. The molecule has 2 aromatic rings. The van der Waals surface area contributed by atoms with E-state index in [9.17, 15) is 4.79 Å². The second kappa shape index (κ2) is 5.55. The quantitative estimate of drug-likeness (QED) is 0.823. The molecule has 0 atom stereocenters. The SMILES string of the molecule is Nc1c(Cl)cccc1C(=O)NCCn1cccn1. The van der Waals surface area contributed by atoms with Crippen molar-refractivity contribution >= 4 is 23.2 Å². The summed E-state index contributed by atoms with van der Waals surface area (Å²) in [5.41, 5.74) is 6.43. The molecular formula is C12H13ClN4O. The van der Waals surface area contributed by atoms with E-state index in [4.69, 9.17) is 17.3 Å². The zero-order valence-electron chi connectivity index (χ0n) is 9.64. The lowest BCUT2D eigenvalue weighted by Gasteiger charge is -2.08. The second-order valence-corrected chi connectivity index (χ2v) is 4.13. The molecule has 0 aliphatic rings. The van der Waals surface area contributed by atoms with Crippen LogP contribution in [0.4, 0.5) is 5.69 Å². The summed E-state index contributed by atoms with van der Waals surface area (Å²) in [6, 6.07) is 6.82. The van der Waals surface area contributed by atoms with Gasteiger partial charge in [0.1, 0.15) is 0 Å². The lowest BCUT2D eigenvalue weighted by molar-refractivity contribution is 0.0953. The smallest absolute Gasteiger partial charge is 0.253 e. The lowest BCUT2D eigenvalue weighted by Crippen LogP contribution is -2.28. The van der Waals surface area contributed by atoms with Crippen LogP contribution in [-0.4, -0.2) is 22.2 Å². The molecule has 18 heavy (non-hydrogen) atoms. The molecule has 5 nitrogen and oxygen atoms in total. The van der Waals surface area contributed by atoms with Gasteiger partial charge < -0.3 is 11.1 Å². The van der Waals surface area contributed by atoms with Crippen LogP contribution in [0.2, 0.25) is 5.02 Å². The van der Waals surface area contributed by atoms with Gasteiger partial charge in [-0.3, -0.25) is 9.48 Å². The van der Waals surface area contributed by atoms with E-state index in [1.165, 1.54) is 0 Å². The van der Waals surface area contributed by atoms with E-state index >= 15 is 0 Å². The van der Waals surface area contributed by atoms with Gasteiger partial charge >= 0.3 is 0 Å². The van der Waals surface area contributed by atoms with Crippen molar-refractivity contribution in [2.75, 3.05) is 12.3 Å². The highest BCUT2D eigenvalue weighted by Crippen LogP contribution is 2.21. The van der Waals surface area contributed by atoms with Crippen LogP contribution >= 0.6 is 11.6 Å². The number of hydrogen-bond donors (Lipinski definition) is 2.